The number of halogens is 1. The molecule has 36 heavy (non-hydrogen) atoms. The number of fused-ring (bicyclic) bond motifs is 1. The maximum absolute atomic E-state index is 9.66. The minimum atomic E-state index is 0.259. The molecule has 0 radical (unpaired) electrons. The third kappa shape index (κ3) is 5.35. The Morgan fingerprint density at radius 3 is 2.61 bits per heavy atom. The summed E-state index contributed by atoms with van der Waals surface area (Å²) in [6, 6.07) is 8.19. The van der Waals surface area contributed by atoms with Crippen LogP contribution < -0.4 is 10.6 Å². The van der Waals surface area contributed by atoms with E-state index in [4.69, 9.17) is 16.3 Å². The molecule has 0 spiro atoms. The second kappa shape index (κ2) is 10.6. The van der Waals surface area contributed by atoms with E-state index in [0.717, 1.165) is 57.7 Å². The van der Waals surface area contributed by atoms with Crippen LogP contribution in [0.3, 0.4) is 0 Å². The second-order valence-electron chi connectivity index (χ2n) is 9.04. The van der Waals surface area contributed by atoms with E-state index in [1.807, 2.05) is 6.07 Å². The van der Waals surface area contributed by atoms with Crippen LogP contribution in [0.4, 0.5) is 17.5 Å². The molecule has 1 aliphatic heterocycles. The van der Waals surface area contributed by atoms with Gasteiger partial charge in [0.1, 0.15) is 6.07 Å². The van der Waals surface area contributed by atoms with Crippen LogP contribution in [-0.2, 0) is 11.3 Å². The molecule has 1 saturated carbocycles. The molecule has 186 valence electrons. The SMILES string of the molecule is COCCN1CCN(Cc2cc(C#N)cc(Nc3nc(NC4CC4)c4ncc(C#N)n4n3)c2Cl)CC1. The highest BCUT2D eigenvalue weighted by atomic mass is 35.5. The van der Waals surface area contributed by atoms with Crippen molar-refractivity contribution in [1.29, 1.82) is 10.5 Å². The first-order chi connectivity index (χ1) is 17.6. The van der Waals surface area contributed by atoms with Crippen molar-refractivity contribution in [1.82, 2.24) is 29.4 Å². The fourth-order valence-corrected chi connectivity index (χ4v) is 4.45. The Labute approximate surface area is 214 Å². The molecule has 2 aromatic heterocycles. The molecular weight excluding hydrogens is 480 g/mol. The van der Waals surface area contributed by atoms with Gasteiger partial charge in [-0.25, -0.2) is 4.98 Å². The van der Waals surface area contributed by atoms with Crippen LogP contribution >= 0.6 is 11.6 Å². The van der Waals surface area contributed by atoms with Crippen molar-refractivity contribution in [2.45, 2.75) is 25.4 Å². The van der Waals surface area contributed by atoms with E-state index >= 15 is 0 Å². The molecule has 0 amide bonds. The number of anilines is 3. The number of hydrogen-bond donors (Lipinski definition) is 2. The zero-order chi connectivity index (χ0) is 25.1. The molecule has 5 rings (SSSR count). The fraction of sp³-hybridized carbons (Fsp3) is 0.458. The van der Waals surface area contributed by atoms with Crippen LogP contribution in [0.1, 0.15) is 29.7 Å². The molecular formula is C24H27ClN10O. The summed E-state index contributed by atoms with van der Waals surface area (Å²) in [7, 11) is 1.72. The summed E-state index contributed by atoms with van der Waals surface area (Å²) < 4.78 is 6.65. The first kappa shape index (κ1) is 24.2. The van der Waals surface area contributed by atoms with Gasteiger partial charge in [-0.3, -0.25) is 9.80 Å². The molecule has 2 fully saturated rings. The molecule has 12 heteroatoms. The lowest BCUT2D eigenvalue weighted by molar-refractivity contribution is 0.0938. The number of nitriles is 2. The van der Waals surface area contributed by atoms with E-state index in [2.05, 4.69) is 47.6 Å². The van der Waals surface area contributed by atoms with Gasteiger partial charge in [-0.1, -0.05) is 11.6 Å². The molecule has 1 aliphatic carbocycles. The van der Waals surface area contributed by atoms with E-state index in [1.165, 1.54) is 10.7 Å². The summed E-state index contributed by atoms with van der Waals surface area (Å²) in [6.07, 6.45) is 3.60. The first-order valence-corrected chi connectivity index (χ1v) is 12.3. The largest absolute Gasteiger partial charge is 0.383 e. The molecule has 2 N–H and O–H groups in total. The Hall–Kier alpha value is -3.48. The van der Waals surface area contributed by atoms with Crippen LogP contribution in [0.15, 0.2) is 18.3 Å². The topological polar surface area (TPSA) is 130 Å². The van der Waals surface area contributed by atoms with Gasteiger partial charge >= 0.3 is 0 Å². The lowest BCUT2D eigenvalue weighted by Gasteiger charge is -2.34. The van der Waals surface area contributed by atoms with Gasteiger partial charge in [0.05, 0.1) is 35.1 Å². The number of benzene rings is 1. The van der Waals surface area contributed by atoms with Gasteiger partial charge in [0.2, 0.25) is 5.95 Å². The summed E-state index contributed by atoms with van der Waals surface area (Å²) in [5.41, 5.74) is 2.69. The molecule has 0 unspecified atom stereocenters. The Kier molecular flexibility index (Phi) is 7.16. The minimum absolute atomic E-state index is 0.259. The molecule has 2 aliphatic rings. The third-order valence-electron chi connectivity index (χ3n) is 6.39. The highest BCUT2D eigenvalue weighted by molar-refractivity contribution is 6.34. The number of piperazine rings is 1. The van der Waals surface area contributed by atoms with Crippen molar-refractivity contribution < 1.29 is 4.74 Å². The van der Waals surface area contributed by atoms with Crippen LogP contribution in [0.25, 0.3) is 5.65 Å². The zero-order valence-corrected chi connectivity index (χ0v) is 20.8. The van der Waals surface area contributed by atoms with Gasteiger partial charge in [-0.2, -0.15) is 20.0 Å². The smallest absolute Gasteiger partial charge is 0.247 e. The van der Waals surface area contributed by atoms with Gasteiger partial charge in [-0.15, -0.1) is 5.10 Å². The summed E-state index contributed by atoms with van der Waals surface area (Å²) in [5.74, 6) is 0.811. The summed E-state index contributed by atoms with van der Waals surface area (Å²) in [4.78, 5) is 13.6. The van der Waals surface area contributed by atoms with Crippen molar-refractivity contribution in [3.05, 3.63) is 40.2 Å². The number of nitrogens with zero attached hydrogens (tertiary/aromatic N) is 8. The van der Waals surface area contributed by atoms with E-state index in [1.54, 1.807) is 13.2 Å². The average molecular weight is 507 g/mol. The lowest BCUT2D eigenvalue weighted by Crippen LogP contribution is -2.46. The van der Waals surface area contributed by atoms with Crippen molar-refractivity contribution in [3.63, 3.8) is 0 Å². The number of imidazole rings is 1. The lowest BCUT2D eigenvalue weighted by atomic mass is 10.1. The molecule has 0 atom stereocenters. The van der Waals surface area contributed by atoms with E-state index in [-0.39, 0.29) is 5.95 Å². The van der Waals surface area contributed by atoms with Crippen molar-refractivity contribution >= 4 is 34.7 Å². The van der Waals surface area contributed by atoms with Gasteiger partial charge in [0.15, 0.2) is 17.2 Å². The summed E-state index contributed by atoms with van der Waals surface area (Å²) in [6.45, 7) is 6.03. The molecule has 1 saturated heterocycles. The predicted molar refractivity (Wildman–Crippen MR) is 135 cm³/mol. The van der Waals surface area contributed by atoms with Gasteiger partial charge in [0, 0.05) is 52.4 Å². The van der Waals surface area contributed by atoms with Crippen LogP contribution in [0.5, 0.6) is 0 Å². The van der Waals surface area contributed by atoms with Gasteiger partial charge in [-0.05, 0) is 30.5 Å². The number of nitrogens with one attached hydrogen (secondary N) is 2. The molecule has 3 heterocycles. The summed E-state index contributed by atoms with van der Waals surface area (Å²) in [5, 5.41) is 30.6. The monoisotopic (exact) mass is 506 g/mol. The average Bonchev–Trinajstić information content (AvgIpc) is 3.61. The van der Waals surface area contributed by atoms with E-state index < -0.39 is 0 Å². The maximum atomic E-state index is 9.66. The number of hydrogen-bond acceptors (Lipinski definition) is 10. The number of methoxy groups -OCH3 is 1. The molecule has 3 aromatic rings. The highest BCUT2D eigenvalue weighted by Crippen LogP contribution is 2.32. The van der Waals surface area contributed by atoms with E-state index in [9.17, 15) is 10.5 Å². The summed E-state index contributed by atoms with van der Waals surface area (Å²) >= 11 is 6.83. The van der Waals surface area contributed by atoms with Crippen molar-refractivity contribution in [3.8, 4) is 12.1 Å². The number of rotatable bonds is 9. The Morgan fingerprint density at radius 1 is 1.14 bits per heavy atom. The Balaban J connectivity index is 1.39. The maximum Gasteiger partial charge on any atom is 0.247 e. The van der Waals surface area contributed by atoms with Crippen molar-refractivity contribution in [2.24, 2.45) is 0 Å². The quantitative estimate of drug-likeness (QED) is 0.446. The Bertz CT molecular complexity index is 1330. The van der Waals surface area contributed by atoms with Crippen LogP contribution in [0.2, 0.25) is 5.02 Å². The normalized spacial score (nSPS) is 16.6. The highest BCUT2D eigenvalue weighted by Gasteiger charge is 2.25. The van der Waals surface area contributed by atoms with Crippen LogP contribution in [0, 0.1) is 22.7 Å². The second-order valence-corrected chi connectivity index (χ2v) is 9.42. The third-order valence-corrected chi connectivity index (χ3v) is 6.84. The predicted octanol–water partition coefficient (Wildman–Crippen LogP) is 2.60. The van der Waals surface area contributed by atoms with Crippen molar-refractivity contribution in [2.75, 3.05) is 57.1 Å². The van der Waals surface area contributed by atoms with Gasteiger partial charge in [0.25, 0.3) is 0 Å². The number of ether oxygens (including phenoxy) is 1. The van der Waals surface area contributed by atoms with E-state index in [0.29, 0.717) is 46.0 Å². The Morgan fingerprint density at radius 2 is 1.92 bits per heavy atom. The molecule has 0 bridgehead atoms. The molecule has 1 aromatic carbocycles. The van der Waals surface area contributed by atoms with Crippen LogP contribution in [-0.4, -0.2) is 81.9 Å². The minimum Gasteiger partial charge on any atom is -0.383 e. The van der Waals surface area contributed by atoms with Gasteiger partial charge < -0.3 is 15.4 Å². The zero-order valence-electron chi connectivity index (χ0n) is 20.0. The fourth-order valence-electron chi connectivity index (χ4n) is 4.24. The first-order valence-electron chi connectivity index (χ1n) is 11.9. The number of aromatic nitrogens is 4. The standard InChI is InChI=1S/C24H27ClN10O/c1-36-9-8-33-4-6-34(7-5-33)15-17-10-16(12-26)11-20(21(17)25)30-24-31-22(29-18-2-3-18)23-28-14-19(13-27)35(23)32-24/h10-11,14,18H,2-9,15H2,1H3,(H2,29,30,31,32). The molecule has 11 nitrogen and oxygen atoms in total.